The fourth-order valence-electron chi connectivity index (χ4n) is 2.59. The summed E-state index contributed by atoms with van der Waals surface area (Å²) in [5.41, 5.74) is 8.73. The Morgan fingerprint density at radius 3 is 3.00 bits per heavy atom. The van der Waals surface area contributed by atoms with Gasteiger partial charge in [-0.1, -0.05) is 12.1 Å². The van der Waals surface area contributed by atoms with Gasteiger partial charge in [0.1, 0.15) is 5.82 Å². The Labute approximate surface area is 111 Å². The number of nitrogens with two attached hydrogens (primary N) is 1. The molecule has 1 aromatic carbocycles. The van der Waals surface area contributed by atoms with Crippen LogP contribution in [-0.4, -0.2) is 14.3 Å². The lowest BCUT2D eigenvalue weighted by molar-refractivity contribution is 0.511. The van der Waals surface area contributed by atoms with Crippen LogP contribution in [0, 0.1) is 6.92 Å². The minimum absolute atomic E-state index is 0.00322. The monoisotopic (exact) mass is 258 g/mol. The predicted octanol–water partition coefficient (Wildman–Crippen LogP) is 1.32. The van der Waals surface area contributed by atoms with E-state index in [1.165, 1.54) is 0 Å². The Balaban J connectivity index is 1.98. The van der Waals surface area contributed by atoms with E-state index in [0.29, 0.717) is 6.54 Å². The first-order chi connectivity index (χ1) is 9.16. The fourth-order valence-corrected chi connectivity index (χ4v) is 2.59. The second-order valence-corrected chi connectivity index (χ2v) is 5.10. The van der Waals surface area contributed by atoms with Gasteiger partial charge in [0.25, 0.3) is 0 Å². The van der Waals surface area contributed by atoms with Crippen LogP contribution in [0.15, 0.2) is 23.0 Å². The molecule has 2 N–H and O–H groups in total. The van der Waals surface area contributed by atoms with Gasteiger partial charge in [-0.3, -0.25) is 4.57 Å². The third-order valence-electron chi connectivity index (χ3n) is 3.84. The summed E-state index contributed by atoms with van der Waals surface area (Å²) < 4.78 is 3.35. The SMILES string of the molecule is Cc1c(N)cccc1Cn1nc2n(c1=O)CCCC2. The van der Waals surface area contributed by atoms with Crippen LogP contribution < -0.4 is 11.4 Å². The number of benzene rings is 1. The molecule has 0 fully saturated rings. The molecule has 0 saturated heterocycles. The molecule has 0 radical (unpaired) electrons. The maximum absolute atomic E-state index is 12.2. The third-order valence-corrected chi connectivity index (χ3v) is 3.84. The molecule has 1 aromatic heterocycles. The van der Waals surface area contributed by atoms with Gasteiger partial charge in [-0.05, 0) is 37.0 Å². The van der Waals surface area contributed by atoms with Crippen molar-refractivity contribution in [3.63, 3.8) is 0 Å². The largest absolute Gasteiger partial charge is 0.399 e. The van der Waals surface area contributed by atoms with E-state index >= 15 is 0 Å². The van der Waals surface area contributed by atoms with Gasteiger partial charge in [0, 0.05) is 18.7 Å². The molecule has 0 bridgehead atoms. The molecule has 0 spiro atoms. The van der Waals surface area contributed by atoms with Crippen LogP contribution in [0.1, 0.15) is 29.8 Å². The molecule has 0 atom stereocenters. The van der Waals surface area contributed by atoms with Crippen molar-refractivity contribution in [3.8, 4) is 0 Å². The Morgan fingerprint density at radius 2 is 2.21 bits per heavy atom. The summed E-state index contributed by atoms with van der Waals surface area (Å²) in [6.07, 6.45) is 3.09. The third kappa shape index (κ3) is 2.05. The zero-order valence-corrected chi connectivity index (χ0v) is 11.1. The van der Waals surface area contributed by atoms with Crippen molar-refractivity contribution in [2.75, 3.05) is 5.73 Å². The number of fused-ring (bicyclic) bond motifs is 1. The minimum atomic E-state index is -0.00322. The number of nitrogen functional groups attached to an aromatic ring is 1. The van der Waals surface area contributed by atoms with Gasteiger partial charge in [0.05, 0.1) is 6.54 Å². The summed E-state index contributed by atoms with van der Waals surface area (Å²) >= 11 is 0. The molecule has 1 aliphatic rings. The molecule has 0 aliphatic carbocycles. The lowest BCUT2D eigenvalue weighted by Crippen LogP contribution is -2.27. The van der Waals surface area contributed by atoms with E-state index in [1.54, 1.807) is 9.25 Å². The minimum Gasteiger partial charge on any atom is -0.399 e. The highest BCUT2D eigenvalue weighted by atomic mass is 16.2. The van der Waals surface area contributed by atoms with E-state index in [-0.39, 0.29) is 5.69 Å². The van der Waals surface area contributed by atoms with Crippen molar-refractivity contribution < 1.29 is 0 Å². The maximum Gasteiger partial charge on any atom is 0.346 e. The Hall–Kier alpha value is -2.04. The normalized spacial score (nSPS) is 14.4. The van der Waals surface area contributed by atoms with Crippen molar-refractivity contribution in [3.05, 3.63) is 45.6 Å². The van der Waals surface area contributed by atoms with Crippen LogP contribution in [0.25, 0.3) is 0 Å². The van der Waals surface area contributed by atoms with Crippen molar-refractivity contribution in [2.24, 2.45) is 0 Å². The van der Waals surface area contributed by atoms with E-state index in [1.807, 2.05) is 25.1 Å². The van der Waals surface area contributed by atoms with Crippen LogP contribution in [0.4, 0.5) is 5.69 Å². The van der Waals surface area contributed by atoms with Crippen LogP contribution in [0.3, 0.4) is 0 Å². The predicted molar refractivity (Wildman–Crippen MR) is 74.1 cm³/mol. The van der Waals surface area contributed by atoms with E-state index in [9.17, 15) is 4.79 Å². The number of hydrogen-bond donors (Lipinski definition) is 1. The molecule has 0 amide bonds. The van der Waals surface area contributed by atoms with Gasteiger partial charge in [-0.15, -0.1) is 0 Å². The number of rotatable bonds is 2. The number of aryl methyl sites for hydroxylation is 1. The molecular weight excluding hydrogens is 240 g/mol. The maximum atomic E-state index is 12.2. The average Bonchev–Trinajstić information content (AvgIpc) is 2.73. The summed E-state index contributed by atoms with van der Waals surface area (Å²) in [6.45, 7) is 3.27. The van der Waals surface area contributed by atoms with Gasteiger partial charge in [0.15, 0.2) is 0 Å². The van der Waals surface area contributed by atoms with Crippen LogP contribution in [-0.2, 0) is 19.5 Å². The molecule has 3 rings (SSSR count). The summed E-state index contributed by atoms with van der Waals surface area (Å²) in [6, 6.07) is 5.79. The Bertz CT molecular complexity index is 669. The molecular formula is C14H18N4O. The highest BCUT2D eigenvalue weighted by molar-refractivity contribution is 5.49. The van der Waals surface area contributed by atoms with Crippen LogP contribution >= 0.6 is 0 Å². The summed E-state index contributed by atoms with van der Waals surface area (Å²) in [5, 5.41) is 4.44. The zero-order valence-electron chi connectivity index (χ0n) is 11.1. The van der Waals surface area contributed by atoms with Gasteiger partial charge in [0.2, 0.25) is 0 Å². The highest BCUT2D eigenvalue weighted by Gasteiger charge is 2.17. The Kier molecular flexibility index (Phi) is 2.89. The van der Waals surface area contributed by atoms with Crippen molar-refractivity contribution in [2.45, 2.75) is 39.3 Å². The molecule has 2 aromatic rings. The molecule has 19 heavy (non-hydrogen) atoms. The fraction of sp³-hybridized carbons (Fsp3) is 0.429. The van der Waals surface area contributed by atoms with Gasteiger partial charge >= 0.3 is 5.69 Å². The standard InChI is InChI=1S/C14H18N4O/c1-10-11(5-4-6-12(10)15)9-18-14(19)17-8-3-2-7-13(17)16-18/h4-6H,2-3,7-9,15H2,1H3. The first-order valence-electron chi connectivity index (χ1n) is 6.67. The average molecular weight is 258 g/mol. The molecule has 0 saturated carbocycles. The van der Waals surface area contributed by atoms with E-state index in [0.717, 1.165) is 48.4 Å². The molecule has 100 valence electrons. The van der Waals surface area contributed by atoms with E-state index in [2.05, 4.69) is 5.10 Å². The number of nitrogens with zero attached hydrogens (tertiary/aromatic N) is 3. The smallest absolute Gasteiger partial charge is 0.346 e. The molecule has 2 heterocycles. The molecule has 5 heteroatoms. The number of anilines is 1. The topological polar surface area (TPSA) is 65.8 Å². The second-order valence-electron chi connectivity index (χ2n) is 5.10. The number of aromatic nitrogens is 3. The van der Waals surface area contributed by atoms with Gasteiger partial charge in [-0.25, -0.2) is 9.48 Å². The van der Waals surface area contributed by atoms with E-state index < -0.39 is 0 Å². The first kappa shape index (κ1) is 12.0. The van der Waals surface area contributed by atoms with Crippen LogP contribution in [0.2, 0.25) is 0 Å². The highest BCUT2D eigenvalue weighted by Crippen LogP contribution is 2.16. The lowest BCUT2D eigenvalue weighted by Gasteiger charge is -2.09. The first-order valence-corrected chi connectivity index (χ1v) is 6.67. The van der Waals surface area contributed by atoms with Gasteiger partial charge < -0.3 is 5.73 Å². The molecule has 0 unspecified atom stereocenters. The second kappa shape index (κ2) is 4.57. The lowest BCUT2D eigenvalue weighted by atomic mass is 10.1. The molecule has 1 aliphatic heterocycles. The summed E-state index contributed by atoms with van der Waals surface area (Å²) in [7, 11) is 0. The summed E-state index contributed by atoms with van der Waals surface area (Å²) in [5.74, 6) is 0.915. The Morgan fingerprint density at radius 1 is 1.37 bits per heavy atom. The van der Waals surface area contributed by atoms with Crippen molar-refractivity contribution >= 4 is 5.69 Å². The van der Waals surface area contributed by atoms with Gasteiger partial charge in [-0.2, -0.15) is 5.10 Å². The molecule has 5 nitrogen and oxygen atoms in total. The quantitative estimate of drug-likeness (QED) is 0.826. The zero-order chi connectivity index (χ0) is 13.4. The van der Waals surface area contributed by atoms with Crippen LogP contribution in [0.5, 0.6) is 0 Å². The van der Waals surface area contributed by atoms with E-state index in [4.69, 9.17) is 5.73 Å². The summed E-state index contributed by atoms with van der Waals surface area (Å²) in [4.78, 5) is 12.2. The van der Waals surface area contributed by atoms with Crippen molar-refractivity contribution in [1.82, 2.24) is 14.3 Å². The van der Waals surface area contributed by atoms with Crippen molar-refractivity contribution in [1.29, 1.82) is 0 Å². The number of hydrogen-bond acceptors (Lipinski definition) is 3.